The molecule has 39 heavy (non-hydrogen) atoms. The normalized spacial score (nSPS) is 17.5. The van der Waals surface area contributed by atoms with E-state index >= 15 is 0 Å². The molecule has 5 rings (SSSR count). The molecule has 2 aliphatic rings. The third-order valence-corrected chi connectivity index (χ3v) is 7.82. The van der Waals surface area contributed by atoms with Crippen LogP contribution in [0.25, 0.3) is 11.4 Å². The third kappa shape index (κ3) is 5.65. The van der Waals surface area contributed by atoms with E-state index in [2.05, 4.69) is 27.5 Å². The van der Waals surface area contributed by atoms with Gasteiger partial charge in [-0.1, -0.05) is 32.9 Å². The highest BCUT2D eigenvalue weighted by atomic mass is 16.2. The molecule has 0 aromatic carbocycles. The van der Waals surface area contributed by atoms with Gasteiger partial charge < -0.3 is 10.2 Å². The summed E-state index contributed by atoms with van der Waals surface area (Å²) in [5.41, 5.74) is 5.90. The summed E-state index contributed by atoms with van der Waals surface area (Å²) in [5.74, 6) is 1.29. The van der Waals surface area contributed by atoms with Crippen molar-refractivity contribution in [3.63, 3.8) is 0 Å². The molecular formula is C31H38N6O2. The van der Waals surface area contributed by atoms with Crippen LogP contribution in [0.1, 0.15) is 91.7 Å². The van der Waals surface area contributed by atoms with E-state index in [1.165, 1.54) is 24.0 Å². The number of rotatable bonds is 6. The van der Waals surface area contributed by atoms with Gasteiger partial charge in [-0.3, -0.25) is 14.6 Å². The zero-order valence-corrected chi connectivity index (χ0v) is 23.8. The number of hydrogen-bond donors (Lipinski definition) is 1. The van der Waals surface area contributed by atoms with Gasteiger partial charge in [0.15, 0.2) is 5.82 Å². The fourth-order valence-electron chi connectivity index (χ4n) is 5.30. The molecule has 0 bridgehead atoms. The van der Waals surface area contributed by atoms with Crippen LogP contribution in [0.4, 0.5) is 5.69 Å². The van der Waals surface area contributed by atoms with E-state index in [9.17, 15) is 9.59 Å². The molecule has 8 nitrogen and oxygen atoms in total. The number of aryl methyl sites for hydroxylation is 1. The van der Waals surface area contributed by atoms with Crippen LogP contribution in [-0.2, 0) is 4.79 Å². The minimum atomic E-state index is -0.383. The van der Waals surface area contributed by atoms with E-state index in [0.29, 0.717) is 23.0 Å². The lowest BCUT2D eigenvalue weighted by Crippen LogP contribution is -2.43. The SMILES string of the molecule is Cc1cc(NC(=O)c2cnn(-c3ccc(C4CC4)cn3)c2C)cnc1C1=CCC(N(C)C(=O)C(C)(C)C)CC1. The van der Waals surface area contributed by atoms with Crippen LogP contribution in [0, 0.1) is 19.3 Å². The molecule has 3 aromatic heterocycles. The van der Waals surface area contributed by atoms with Crippen molar-refractivity contribution in [2.45, 2.75) is 78.7 Å². The lowest BCUT2D eigenvalue weighted by atomic mass is 9.88. The smallest absolute Gasteiger partial charge is 0.259 e. The van der Waals surface area contributed by atoms with Crippen LogP contribution in [0.2, 0.25) is 0 Å². The van der Waals surface area contributed by atoms with Gasteiger partial charge in [-0.25, -0.2) is 9.67 Å². The molecular weight excluding hydrogens is 488 g/mol. The summed E-state index contributed by atoms with van der Waals surface area (Å²) in [7, 11) is 1.91. The third-order valence-electron chi connectivity index (χ3n) is 7.82. The zero-order valence-electron chi connectivity index (χ0n) is 23.8. The summed E-state index contributed by atoms with van der Waals surface area (Å²) in [6.45, 7) is 9.77. The van der Waals surface area contributed by atoms with Crippen molar-refractivity contribution in [1.29, 1.82) is 0 Å². The number of allylic oxidation sites excluding steroid dienone is 1. The van der Waals surface area contributed by atoms with Gasteiger partial charge >= 0.3 is 0 Å². The van der Waals surface area contributed by atoms with Crippen molar-refractivity contribution in [2.75, 3.05) is 12.4 Å². The first-order valence-electron chi connectivity index (χ1n) is 13.8. The maximum Gasteiger partial charge on any atom is 0.259 e. The van der Waals surface area contributed by atoms with E-state index in [4.69, 9.17) is 4.98 Å². The average molecular weight is 527 g/mol. The molecule has 8 heteroatoms. The number of carbonyl (C=O) groups is 2. The number of pyridine rings is 2. The number of aromatic nitrogens is 4. The van der Waals surface area contributed by atoms with E-state index in [-0.39, 0.29) is 23.3 Å². The summed E-state index contributed by atoms with van der Waals surface area (Å²) in [4.78, 5) is 36.9. The number of carbonyl (C=O) groups excluding carboxylic acids is 2. The minimum absolute atomic E-state index is 0.169. The van der Waals surface area contributed by atoms with Gasteiger partial charge in [0.25, 0.3) is 5.91 Å². The average Bonchev–Trinajstić information content (AvgIpc) is 3.69. The Labute approximate surface area is 230 Å². The van der Waals surface area contributed by atoms with E-state index in [1.807, 2.05) is 64.9 Å². The standard InChI is InChI=1S/C31H38N6O2/c1-19-15-24(17-33-28(19)22-9-12-25(13-10-22)36(6)30(39)31(3,4)5)35-29(38)26-18-34-37(20(26)2)27-14-11-23(16-32-27)21-7-8-21/h9,11,14-18,21,25H,7-8,10,12-13H2,1-6H3,(H,35,38). The molecule has 1 fully saturated rings. The minimum Gasteiger partial charge on any atom is -0.342 e. The molecule has 0 aliphatic heterocycles. The maximum absolute atomic E-state index is 13.1. The first-order valence-corrected chi connectivity index (χ1v) is 13.8. The molecule has 1 atom stereocenters. The molecule has 2 amide bonds. The van der Waals surface area contributed by atoms with Crippen LogP contribution in [0.15, 0.2) is 42.9 Å². The summed E-state index contributed by atoms with van der Waals surface area (Å²) in [6, 6.07) is 6.22. The summed E-state index contributed by atoms with van der Waals surface area (Å²) >= 11 is 0. The molecule has 1 N–H and O–H groups in total. The quantitative estimate of drug-likeness (QED) is 0.435. The Morgan fingerprint density at radius 1 is 1.05 bits per heavy atom. The highest BCUT2D eigenvalue weighted by Gasteiger charge is 2.30. The molecule has 3 heterocycles. The van der Waals surface area contributed by atoms with Crippen molar-refractivity contribution >= 4 is 23.1 Å². The first kappa shape index (κ1) is 26.8. The molecule has 1 saturated carbocycles. The van der Waals surface area contributed by atoms with Crippen LogP contribution in [0.5, 0.6) is 0 Å². The van der Waals surface area contributed by atoms with E-state index in [1.54, 1.807) is 17.1 Å². The van der Waals surface area contributed by atoms with Crippen LogP contribution < -0.4 is 5.32 Å². The van der Waals surface area contributed by atoms with Gasteiger partial charge in [-0.15, -0.1) is 0 Å². The molecule has 0 radical (unpaired) electrons. The van der Waals surface area contributed by atoms with Gasteiger partial charge in [0.2, 0.25) is 5.91 Å². The van der Waals surface area contributed by atoms with Crippen molar-refractivity contribution in [3.05, 3.63) is 70.9 Å². The van der Waals surface area contributed by atoms with Crippen LogP contribution in [-0.4, -0.2) is 49.6 Å². The number of anilines is 1. The Bertz CT molecular complexity index is 1430. The lowest BCUT2D eigenvalue weighted by Gasteiger charge is -2.35. The second-order valence-electron chi connectivity index (χ2n) is 11.9. The Balaban J connectivity index is 1.24. The van der Waals surface area contributed by atoms with Crippen molar-refractivity contribution in [3.8, 4) is 5.82 Å². The number of amides is 2. The van der Waals surface area contributed by atoms with Gasteiger partial charge in [-0.05, 0) is 80.7 Å². The monoisotopic (exact) mass is 526 g/mol. The Kier molecular flexibility index (Phi) is 7.14. The number of nitrogens with one attached hydrogen (secondary N) is 1. The zero-order chi connectivity index (χ0) is 27.9. The molecule has 204 valence electrons. The molecule has 2 aliphatic carbocycles. The molecule has 3 aromatic rings. The summed E-state index contributed by atoms with van der Waals surface area (Å²) < 4.78 is 1.70. The largest absolute Gasteiger partial charge is 0.342 e. The maximum atomic E-state index is 13.1. The topological polar surface area (TPSA) is 93.0 Å². The second-order valence-corrected chi connectivity index (χ2v) is 11.9. The van der Waals surface area contributed by atoms with E-state index in [0.717, 1.165) is 36.2 Å². The van der Waals surface area contributed by atoms with Crippen LogP contribution >= 0.6 is 0 Å². The van der Waals surface area contributed by atoms with Gasteiger partial charge in [0.05, 0.1) is 35.0 Å². The Morgan fingerprint density at radius 2 is 1.82 bits per heavy atom. The highest BCUT2D eigenvalue weighted by Crippen LogP contribution is 2.39. The van der Waals surface area contributed by atoms with Gasteiger partial charge in [0.1, 0.15) is 0 Å². The van der Waals surface area contributed by atoms with Gasteiger partial charge in [0, 0.05) is 24.7 Å². The molecule has 1 unspecified atom stereocenters. The Morgan fingerprint density at radius 3 is 2.41 bits per heavy atom. The summed E-state index contributed by atoms with van der Waals surface area (Å²) in [5, 5.41) is 7.40. The highest BCUT2D eigenvalue weighted by molar-refractivity contribution is 6.05. The fourth-order valence-corrected chi connectivity index (χ4v) is 5.30. The lowest BCUT2D eigenvalue weighted by molar-refractivity contribution is -0.140. The number of nitrogens with zero attached hydrogens (tertiary/aromatic N) is 5. The fraction of sp³-hybridized carbons (Fsp3) is 0.452. The predicted molar refractivity (Wildman–Crippen MR) is 153 cm³/mol. The summed E-state index contributed by atoms with van der Waals surface area (Å²) in [6.07, 6.45) is 12.5. The van der Waals surface area contributed by atoms with Crippen molar-refractivity contribution in [1.82, 2.24) is 24.6 Å². The van der Waals surface area contributed by atoms with Crippen molar-refractivity contribution in [2.24, 2.45) is 5.41 Å². The number of hydrogen-bond acceptors (Lipinski definition) is 5. The predicted octanol–water partition coefficient (Wildman–Crippen LogP) is 5.85. The van der Waals surface area contributed by atoms with E-state index < -0.39 is 0 Å². The molecule has 0 saturated heterocycles. The van der Waals surface area contributed by atoms with Crippen LogP contribution in [0.3, 0.4) is 0 Å². The van der Waals surface area contributed by atoms with Gasteiger partial charge in [-0.2, -0.15) is 5.10 Å². The first-order chi connectivity index (χ1) is 18.5. The van der Waals surface area contributed by atoms with Crippen molar-refractivity contribution < 1.29 is 9.59 Å². The molecule has 0 spiro atoms. The second kappa shape index (κ2) is 10.4. The Hall–Kier alpha value is -3.81.